The Morgan fingerprint density at radius 1 is 1.42 bits per heavy atom. The van der Waals surface area contributed by atoms with Crippen LogP contribution in [0, 0.1) is 0 Å². The lowest BCUT2D eigenvalue weighted by Crippen LogP contribution is -2.34. The van der Waals surface area contributed by atoms with Gasteiger partial charge in [0.2, 0.25) is 5.91 Å². The fourth-order valence-electron chi connectivity index (χ4n) is 2.10. The average Bonchev–Trinajstić information content (AvgIpc) is 2.81. The van der Waals surface area contributed by atoms with Crippen molar-refractivity contribution in [3.05, 3.63) is 36.0 Å². The summed E-state index contributed by atoms with van der Waals surface area (Å²) in [5.41, 5.74) is 1.43. The molecule has 4 nitrogen and oxygen atoms in total. The Bertz CT molecular complexity index is 601. The van der Waals surface area contributed by atoms with Crippen molar-refractivity contribution in [1.29, 1.82) is 0 Å². The highest BCUT2D eigenvalue weighted by molar-refractivity contribution is 5.97. The zero-order valence-electron chi connectivity index (χ0n) is 11.2. The van der Waals surface area contributed by atoms with E-state index in [-0.39, 0.29) is 18.5 Å². The normalized spacial score (nSPS) is 12.3. The third-order valence-electron chi connectivity index (χ3n) is 3.28. The molecule has 0 aliphatic carbocycles. The minimum Gasteiger partial charge on any atom is -0.352 e. The molecule has 0 fully saturated rings. The molecule has 100 valence electrons. The third kappa shape index (κ3) is 2.84. The van der Waals surface area contributed by atoms with E-state index in [1.165, 1.54) is 0 Å². The Kier molecular flexibility index (Phi) is 4.00. The first-order valence-corrected chi connectivity index (χ1v) is 6.48. The van der Waals surface area contributed by atoms with Crippen LogP contribution in [-0.2, 0) is 11.3 Å². The smallest absolute Gasteiger partial charge is 0.240 e. The van der Waals surface area contributed by atoms with Gasteiger partial charge < -0.3 is 9.88 Å². The number of hydrogen-bond acceptors (Lipinski definition) is 2. The number of aromatic nitrogens is 1. The molecule has 0 radical (unpaired) electrons. The van der Waals surface area contributed by atoms with E-state index >= 15 is 0 Å². The van der Waals surface area contributed by atoms with Gasteiger partial charge in [0.25, 0.3) is 0 Å². The number of benzene rings is 1. The van der Waals surface area contributed by atoms with Crippen LogP contribution in [0.3, 0.4) is 0 Å². The molecule has 1 aromatic heterocycles. The van der Waals surface area contributed by atoms with Crippen LogP contribution in [0.25, 0.3) is 10.9 Å². The van der Waals surface area contributed by atoms with Crippen molar-refractivity contribution in [1.82, 2.24) is 9.88 Å². The van der Waals surface area contributed by atoms with Gasteiger partial charge >= 0.3 is 0 Å². The summed E-state index contributed by atoms with van der Waals surface area (Å²) in [6, 6.07) is 7.62. The van der Waals surface area contributed by atoms with E-state index in [0.29, 0.717) is 5.56 Å². The Balaban J connectivity index is 2.26. The number of carbonyl (C=O) groups excluding carboxylic acids is 2. The molecule has 1 atom stereocenters. The maximum absolute atomic E-state index is 11.9. The number of nitrogens with zero attached hydrogens (tertiary/aromatic N) is 1. The van der Waals surface area contributed by atoms with Crippen molar-refractivity contribution in [3.63, 3.8) is 0 Å². The number of nitrogens with one attached hydrogen (secondary N) is 1. The maximum Gasteiger partial charge on any atom is 0.240 e. The van der Waals surface area contributed by atoms with Crippen LogP contribution < -0.4 is 5.32 Å². The Morgan fingerprint density at radius 3 is 2.89 bits per heavy atom. The minimum atomic E-state index is -0.0347. The molecule has 2 rings (SSSR count). The Labute approximate surface area is 112 Å². The number of rotatable bonds is 5. The topological polar surface area (TPSA) is 51.1 Å². The van der Waals surface area contributed by atoms with Gasteiger partial charge in [0, 0.05) is 23.2 Å². The summed E-state index contributed by atoms with van der Waals surface area (Å²) in [7, 11) is 0. The Hall–Kier alpha value is -2.10. The van der Waals surface area contributed by atoms with Crippen molar-refractivity contribution in [2.24, 2.45) is 0 Å². The van der Waals surface area contributed by atoms with E-state index in [1.54, 1.807) is 6.07 Å². The highest BCUT2D eigenvalue weighted by Gasteiger charge is 2.10. The van der Waals surface area contributed by atoms with Gasteiger partial charge in [0.05, 0.1) is 5.52 Å². The number of para-hydroxylation sites is 1. The molecule has 0 saturated heterocycles. The molecule has 0 saturated carbocycles. The predicted molar refractivity (Wildman–Crippen MR) is 75.2 cm³/mol. The average molecular weight is 258 g/mol. The molecular formula is C15H18N2O2. The van der Waals surface area contributed by atoms with Gasteiger partial charge in [-0.3, -0.25) is 9.59 Å². The molecule has 4 heteroatoms. The van der Waals surface area contributed by atoms with Crippen LogP contribution in [0.1, 0.15) is 30.6 Å². The van der Waals surface area contributed by atoms with Crippen molar-refractivity contribution in [2.75, 3.05) is 0 Å². The molecule has 1 unspecified atom stereocenters. The van der Waals surface area contributed by atoms with E-state index in [4.69, 9.17) is 0 Å². The Morgan fingerprint density at radius 2 is 2.21 bits per heavy atom. The molecular weight excluding hydrogens is 240 g/mol. The van der Waals surface area contributed by atoms with Gasteiger partial charge in [-0.15, -0.1) is 0 Å². The summed E-state index contributed by atoms with van der Waals surface area (Å²) < 4.78 is 1.82. The summed E-state index contributed by atoms with van der Waals surface area (Å²) in [6.45, 7) is 4.24. The van der Waals surface area contributed by atoms with Crippen LogP contribution in [0.2, 0.25) is 0 Å². The largest absolute Gasteiger partial charge is 0.352 e. The first-order valence-electron chi connectivity index (χ1n) is 6.48. The summed E-state index contributed by atoms with van der Waals surface area (Å²) in [5.74, 6) is -0.0347. The molecule has 1 amide bonds. The van der Waals surface area contributed by atoms with E-state index in [2.05, 4.69) is 5.32 Å². The monoisotopic (exact) mass is 258 g/mol. The third-order valence-corrected chi connectivity index (χ3v) is 3.28. The van der Waals surface area contributed by atoms with Crippen LogP contribution >= 0.6 is 0 Å². The fourth-order valence-corrected chi connectivity index (χ4v) is 2.10. The zero-order chi connectivity index (χ0) is 13.8. The van der Waals surface area contributed by atoms with Crippen molar-refractivity contribution in [3.8, 4) is 0 Å². The zero-order valence-corrected chi connectivity index (χ0v) is 11.2. The lowest BCUT2D eigenvalue weighted by atomic mass is 10.1. The van der Waals surface area contributed by atoms with Gasteiger partial charge in [-0.25, -0.2) is 0 Å². The number of amides is 1. The second-order valence-electron chi connectivity index (χ2n) is 4.72. The first kappa shape index (κ1) is 13.3. The van der Waals surface area contributed by atoms with Crippen LogP contribution in [0.15, 0.2) is 30.5 Å². The predicted octanol–water partition coefficient (Wildman–Crippen LogP) is 2.37. The number of carbonyl (C=O) groups is 2. The highest BCUT2D eigenvalue weighted by atomic mass is 16.2. The summed E-state index contributed by atoms with van der Waals surface area (Å²) in [4.78, 5) is 23.0. The quantitative estimate of drug-likeness (QED) is 0.837. The van der Waals surface area contributed by atoms with E-state index in [9.17, 15) is 9.59 Å². The van der Waals surface area contributed by atoms with Gasteiger partial charge in [-0.05, 0) is 25.5 Å². The van der Waals surface area contributed by atoms with E-state index in [1.807, 2.05) is 42.8 Å². The van der Waals surface area contributed by atoms with Crippen molar-refractivity contribution in [2.45, 2.75) is 32.9 Å². The van der Waals surface area contributed by atoms with Crippen molar-refractivity contribution < 1.29 is 9.59 Å². The fraction of sp³-hybridized carbons (Fsp3) is 0.333. The van der Waals surface area contributed by atoms with Crippen LogP contribution in [0.4, 0.5) is 0 Å². The molecule has 0 aliphatic rings. The molecule has 0 bridgehead atoms. The lowest BCUT2D eigenvalue weighted by molar-refractivity contribution is -0.122. The molecule has 2 aromatic rings. The molecule has 1 heterocycles. The summed E-state index contributed by atoms with van der Waals surface area (Å²) >= 11 is 0. The van der Waals surface area contributed by atoms with Gasteiger partial charge in [0.15, 0.2) is 6.29 Å². The van der Waals surface area contributed by atoms with Gasteiger partial charge in [0.1, 0.15) is 6.54 Å². The van der Waals surface area contributed by atoms with Crippen LogP contribution in [-0.4, -0.2) is 22.8 Å². The molecule has 0 aliphatic heterocycles. The second-order valence-corrected chi connectivity index (χ2v) is 4.72. The number of aldehydes is 1. The molecule has 19 heavy (non-hydrogen) atoms. The number of hydrogen-bond donors (Lipinski definition) is 1. The summed E-state index contributed by atoms with van der Waals surface area (Å²) in [5, 5.41) is 3.90. The van der Waals surface area contributed by atoms with Crippen molar-refractivity contribution >= 4 is 23.1 Å². The second kappa shape index (κ2) is 5.69. The van der Waals surface area contributed by atoms with Crippen LogP contribution in [0.5, 0.6) is 0 Å². The molecule has 0 spiro atoms. The molecule has 1 N–H and O–H groups in total. The molecule has 1 aromatic carbocycles. The lowest BCUT2D eigenvalue weighted by Gasteiger charge is -2.12. The van der Waals surface area contributed by atoms with E-state index in [0.717, 1.165) is 23.6 Å². The maximum atomic E-state index is 11.9. The highest BCUT2D eigenvalue weighted by Crippen LogP contribution is 2.19. The minimum absolute atomic E-state index is 0.0347. The number of fused-ring (bicyclic) bond motifs is 1. The first-order chi connectivity index (χ1) is 9.15. The van der Waals surface area contributed by atoms with Gasteiger partial charge in [-0.2, -0.15) is 0 Å². The van der Waals surface area contributed by atoms with Gasteiger partial charge in [-0.1, -0.05) is 19.1 Å². The SMILES string of the molecule is CCC(C)NC(=O)Cn1ccc2cccc(C=O)c21. The summed E-state index contributed by atoms with van der Waals surface area (Å²) in [6.07, 6.45) is 3.57. The standard InChI is InChI=1S/C15H18N2O2/c1-3-11(2)16-14(19)9-17-8-7-12-5-4-6-13(10-18)15(12)17/h4-8,10-11H,3,9H2,1-2H3,(H,16,19). The van der Waals surface area contributed by atoms with E-state index < -0.39 is 0 Å².